The molecule has 1 heteroatoms. The largest absolute Gasteiger partial charge is 0.0967 e. The summed E-state index contributed by atoms with van der Waals surface area (Å²) in [4.78, 5) is 0. The highest BCUT2D eigenvalue weighted by molar-refractivity contribution is 7.68. The van der Waals surface area contributed by atoms with Gasteiger partial charge in [-0.25, -0.2) is 0 Å². The lowest BCUT2D eigenvalue weighted by Crippen LogP contribution is -2.02. The van der Waals surface area contributed by atoms with E-state index in [0.29, 0.717) is 7.92 Å². The Labute approximate surface area is 66.2 Å². The van der Waals surface area contributed by atoms with Crippen LogP contribution in [0.15, 0.2) is 0 Å². The molecule has 2 unspecified atom stereocenters. The maximum Gasteiger partial charge on any atom is -0.00807 e. The van der Waals surface area contributed by atoms with Crippen molar-refractivity contribution in [3.63, 3.8) is 0 Å². The van der Waals surface area contributed by atoms with Crippen molar-refractivity contribution < 1.29 is 0 Å². The normalized spacial score (nSPS) is 38.7. The van der Waals surface area contributed by atoms with Crippen molar-refractivity contribution in [3.8, 4) is 0 Å². The molecule has 0 aliphatic carbocycles. The number of rotatable bonds is 3. The van der Waals surface area contributed by atoms with E-state index in [0.717, 1.165) is 10.8 Å². The predicted molar refractivity (Wildman–Crippen MR) is 50.2 cm³/mol. The van der Waals surface area contributed by atoms with E-state index in [2.05, 4.69) is 27.7 Å². The van der Waals surface area contributed by atoms with Crippen LogP contribution in [-0.2, 0) is 0 Å². The Morgan fingerprint density at radius 2 is 2.10 bits per heavy atom. The van der Waals surface area contributed by atoms with E-state index in [1.165, 1.54) is 12.8 Å². The summed E-state index contributed by atoms with van der Waals surface area (Å²) in [6, 6.07) is 0. The van der Waals surface area contributed by atoms with Gasteiger partial charge in [0, 0.05) is 0 Å². The lowest BCUT2D eigenvalue weighted by Gasteiger charge is -2.11. The first-order valence-corrected chi connectivity index (χ1v) is 5.96. The van der Waals surface area contributed by atoms with E-state index in [4.69, 9.17) is 0 Å². The Bertz CT molecular complexity index is 120. The molecular formula is C9H19P. The second-order valence-corrected chi connectivity index (χ2v) is 7.34. The zero-order valence-corrected chi connectivity index (χ0v) is 8.54. The fourth-order valence-corrected chi connectivity index (χ4v) is 5.09. The van der Waals surface area contributed by atoms with Gasteiger partial charge in [-0.3, -0.25) is 0 Å². The van der Waals surface area contributed by atoms with Gasteiger partial charge in [-0.2, -0.15) is 0 Å². The summed E-state index contributed by atoms with van der Waals surface area (Å²) in [5.41, 5.74) is 0.978. The van der Waals surface area contributed by atoms with Crippen LogP contribution in [-0.4, -0.2) is 17.0 Å². The molecule has 1 rings (SSSR count). The van der Waals surface area contributed by atoms with Gasteiger partial charge in [-0.1, -0.05) is 42.0 Å². The topological polar surface area (TPSA) is 0 Å². The summed E-state index contributed by atoms with van der Waals surface area (Å²) >= 11 is 0. The lowest BCUT2D eigenvalue weighted by atomic mass is 10.1. The van der Waals surface area contributed by atoms with Crippen molar-refractivity contribution in [2.24, 2.45) is 0 Å². The Morgan fingerprint density at radius 1 is 1.50 bits per heavy atom. The molecule has 0 radical (unpaired) electrons. The van der Waals surface area contributed by atoms with Crippen molar-refractivity contribution in [1.82, 2.24) is 0 Å². The quantitative estimate of drug-likeness (QED) is 0.552. The molecule has 0 aromatic heterocycles. The van der Waals surface area contributed by atoms with Gasteiger partial charge >= 0.3 is 0 Å². The maximum atomic E-state index is 2.47. The Kier molecular flexibility index (Phi) is 2.40. The summed E-state index contributed by atoms with van der Waals surface area (Å²) in [5, 5.41) is 0.804. The number of hydrogen-bond donors (Lipinski definition) is 0. The van der Waals surface area contributed by atoms with Crippen LogP contribution >= 0.6 is 7.92 Å². The molecule has 60 valence electrons. The van der Waals surface area contributed by atoms with Crippen molar-refractivity contribution in [2.45, 2.75) is 51.4 Å². The summed E-state index contributed by atoms with van der Waals surface area (Å²) in [5.74, 6) is 0. The highest BCUT2D eigenvalue weighted by Crippen LogP contribution is 2.72. The Balaban J connectivity index is 2.33. The number of hydrogen-bond acceptors (Lipinski definition) is 0. The average molecular weight is 158 g/mol. The van der Waals surface area contributed by atoms with Crippen LogP contribution < -0.4 is 0 Å². The minimum absolute atomic E-state index is 0.439. The summed E-state index contributed by atoms with van der Waals surface area (Å²) in [7, 11) is 0.439. The first kappa shape index (κ1) is 8.53. The Hall–Kier alpha value is 0.430. The van der Waals surface area contributed by atoms with E-state index in [1.54, 1.807) is 6.16 Å². The molecular weight excluding hydrogens is 139 g/mol. The first-order chi connectivity index (χ1) is 4.60. The van der Waals surface area contributed by atoms with Gasteiger partial charge in [0.25, 0.3) is 0 Å². The third-order valence-corrected chi connectivity index (χ3v) is 6.18. The summed E-state index contributed by atoms with van der Waals surface area (Å²) in [6.07, 6.45) is 4.40. The Morgan fingerprint density at radius 3 is 2.40 bits per heavy atom. The fraction of sp³-hybridized carbons (Fsp3) is 1.00. The molecule has 0 aromatic rings. The van der Waals surface area contributed by atoms with Gasteiger partial charge in [0.2, 0.25) is 0 Å². The molecule has 2 atom stereocenters. The molecule has 1 fully saturated rings. The predicted octanol–water partition coefficient (Wildman–Crippen LogP) is 3.45. The van der Waals surface area contributed by atoms with Gasteiger partial charge in [0.05, 0.1) is 0 Å². The zero-order chi connectivity index (χ0) is 7.78. The van der Waals surface area contributed by atoms with Gasteiger partial charge in [0.15, 0.2) is 0 Å². The van der Waals surface area contributed by atoms with Crippen molar-refractivity contribution in [2.75, 3.05) is 6.16 Å². The van der Waals surface area contributed by atoms with Gasteiger partial charge in [-0.05, 0) is 23.4 Å². The van der Waals surface area contributed by atoms with Crippen molar-refractivity contribution in [1.29, 1.82) is 0 Å². The molecule has 0 bridgehead atoms. The van der Waals surface area contributed by atoms with Crippen LogP contribution in [0.3, 0.4) is 0 Å². The molecule has 1 aliphatic rings. The molecule has 1 aliphatic heterocycles. The third-order valence-electron chi connectivity index (χ3n) is 2.51. The van der Waals surface area contributed by atoms with Crippen LogP contribution in [0.2, 0.25) is 0 Å². The van der Waals surface area contributed by atoms with Crippen LogP contribution in [0.25, 0.3) is 0 Å². The maximum absolute atomic E-state index is 2.47. The van der Waals surface area contributed by atoms with Crippen LogP contribution in [0.4, 0.5) is 0 Å². The molecule has 0 saturated carbocycles. The van der Waals surface area contributed by atoms with Gasteiger partial charge < -0.3 is 0 Å². The molecule has 0 spiro atoms. The summed E-state index contributed by atoms with van der Waals surface area (Å²) < 4.78 is 0. The van der Waals surface area contributed by atoms with E-state index < -0.39 is 0 Å². The van der Waals surface area contributed by atoms with Crippen molar-refractivity contribution in [3.05, 3.63) is 0 Å². The smallest absolute Gasteiger partial charge is 0.00807 e. The monoisotopic (exact) mass is 158 g/mol. The standard InChI is InChI=1S/C9H19P/c1-5-6-9(4)7-10(9)8(2)3/h8H,5-7H2,1-4H3. The second kappa shape index (κ2) is 2.81. The molecule has 0 amide bonds. The molecule has 0 aromatic carbocycles. The van der Waals surface area contributed by atoms with E-state index in [9.17, 15) is 0 Å². The van der Waals surface area contributed by atoms with E-state index >= 15 is 0 Å². The van der Waals surface area contributed by atoms with Crippen LogP contribution in [0.1, 0.15) is 40.5 Å². The minimum atomic E-state index is 0.439. The lowest BCUT2D eigenvalue weighted by molar-refractivity contribution is 0.681. The minimum Gasteiger partial charge on any atom is -0.0967 e. The first-order valence-electron chi connectivity index (χ1n) is 4.37. The average Bonchev–Trinajstić information content (AvgIpc) is 2.43. The van der Waals surface area contributed by atoms with Gasteiger partial charge in [-0.15, -0.1) is 0 Å². The van der Waals surface area contributed by atoms with E-state index in [1.807, 2.05) is 0 Å². The second-order valence-electron chi connectivity index (χ2n) is 3.97. The molecule has 0 nitrogen and oxygen atoms in total. The SMILES string of the molecule is CCCC1(C)CP1C(C)C. The molecule has 10 heavy (non-hydrogen) atoms. The highest BCUT2D eigenvalue weighted by atomic mass is 31.1. The molecule has 0 N–H and O–H groups in total. The van der Waals surface area contributed by atoms with Crippen molar-refractivity contribution >= 4 is 7.92 Å². The zero-order valence-electron chi connectivity index (χ0n) is 7.65. The van der Waals surface area contributed by atoms with Crippen LogP contribution in [0.5, 0.6) is 0 Å². The third kappa shape index (κ3) is 1.53. The summed E-state index contributed by atoms with van der Waals surface area (Å²) in [6.45, 7) is 9.54. The highest BCUT2D eigenvalue weighted by Gasteiger charge is 2.49. The molecule has 1 saturated heterocycles. The van der Waals surface area contributed by atoms with Crippen LogP contribution in [0, 0.1) is 0 Å². The van der Waals surface area contributed by atoms with Gasteiger partial charge in [0.1, 0.15) is 0 Å². The molecule has 1 heterocycles. The fourth-order valence-electron chi connectivity index (χ4n) is 1.90. The van der Waals surface area contributed by atoms with E-state index in [-0.39, 0.29) is 0 Å².